The predicted molar refractivity (Wildman–Crippen MR) is 79.2 cm³/mol. The van der Waals surface area contributed by atoms with E-state index in [1.54, 1.807) is 0 Å². The first-order chi connectivity index (χ1) is 8.58. The highest BCUT2D eigenvalue weighted by atomic mass is 79.9. The summed E-state index contributed by atoms with van der Waals surface area (Å²) in [6, 6.07) is 4.20. The van der Waals surface area contributed by atoms with Crippen molar-refractivity contribution in [3.8, 4) is 5.75 Å². The molecule has 1 aromatic carbocycles. The second-order valence-electron chi connectivity index (χ2n) is 5.58. The molecule has 1 aliphatic rings. The van der Waals surface area contributed by atoms with Crippen LogP contribution in [-0.2, 0) is 6.42 Å². The topological polar surface area (TPSA) is 32.3 Å². The zero-order chi connectivity index (χ0) is 13.1. The molecule has 0 aliphatic carbocycles. The van der Waals surface area contributed by atoms with Crippen LogP contribution in [0.15, 0.2) is 16.6 Å². The first-order valence-electron chi connectivity index (χ1n) is 6.80. The van der Waals surface area contributed by atoms with Crippen molar-refractivity contribution in [2.45, 2.75) is 39.0 Å². The molecule has 100 valence electrons. The molecule has 0 aromatic heterocycles. The van der Waals surface area contributed by atoms with E-state index in [-0.39, 0.29) is 0 Å². The number of hydrogen-bond acceptors (Lipinski definition) is 2. The van der Waals surface area contributed by atoms with Crippen molar-refractivity contribution in [2.75, 3.05) is 13.1 Å². The Bertz CT molecular complexity index is 411. The summed E-state index contributed by atoms with van der Waals surface area (Å²) in [7, 11) is 0. The van der Waals surface area contributed by atoms with Crippen molar-refractivity contribution in [3.63, 3.8) is 0 Å². The lowest BCUT2D eigenvalue weighted by Crippen LogP contribution is -2.30. The lowest BCUT2D eigenvalue weighted by atomic mass is 9.90. The van der Waals surface area contributed by atoms with E-state index in [4.69, 9.17) is 0 Å². The molecule has 0 amide bonds. The van der Waals surface area contributed by atoms with Crippen molar-refractivity contribution < 1.29 is 5.11 Å². The van der Waals surface area contributed by atoms with Crippen molar-refractivity contribution in [1.29, 1.82) is 0 Å². The Balaban J connectivity index is 2.19. The Morgan fingerprint density at radius 2 is 2.22 bits per heavy atom. The molecule has 1 unspecified atom stereocenters. The Labute approximate surface area is 118 Å². The van der Waals surface area contributed by atoms with Gasteiger partial charge in [-0.3, -0.25) is 0 Å². The molecule has 0 radical (unpaired) electrons. The number of piperidine rings is 1. The minimum atomic E-state index is 0.421. The average Bonchev–Trinajstić information content (AvgIpc) is 2.35. The molecule has 1 fully saturated rings. The van der Waals surface area contributed by atoms with E-state index in [1.807, 2.05) is 6.07 Å². The van der Waals surface area contributed by atoms with E-state index in [2.05, 4.69) is 41.2 Å². The number of halogens is 1. The third-order valence-electron chi connectivity index (χ3n) is 3.74. The molecule has 1 aromatic rings. The van der Waals surface area contributed by atoms with Crippen LogP contribution in [0.25, 0.3) is 0 Å². The number of hydrogen-bond donors (Lipinski definition) is 2. The van der Waals surface area contributed by atoms with E-state index in [0.717, 1.165) is 29.5 Å². The SMILES string of the molecule is CC(C)c1cc(Br)c(O)c(CC2CCCNC2)c1. The van der Waals surface area contributed by atoms with Gasteiger partial charge in [-0.15, -0.1) is 0 Å². The molecule has 1 heterocycles. The van der Waals surface area contributed by atoms with E-state index in [0.29, 0.717) is 17.6 Å². The molecule has 1 aliphatic heterocycles. The molecule has 0 bridgehead atoms. The molecule has 3 heteroatoms. The number of phenolic OH excluding ortho intramolecular Hbond substituents is 1. The molecule has 2 rings (SSSR count). The Hall–Kier alpha value is -0.540. The molecule has 1 saturated heterocycles. The van der Waals surface area contributed by atoms with Gasteiger partial charge < -0.3 is 10.4 Å². The fourth-order valence-corrected chi connectivity index (χ4v) is 3.10. The monoisotopic (exact) mass is 311 g/mol. The van der Waals surface area contributed by atoms with Gasteiger partial charge in [-0.05, 0) is 77.3 Å². The van der Waals surface area contributed by atoms with E-state index < -0.39 is 0 Å². The fraction of sp³-hybridized carbons (Fsp3) is 0.600. The van der Waals surface area contributed by atoms with Crippen molar-refractivity contribution in [2.24, 2.45) is 5.92 Å². The third-order valence-corrected chi connectivity index (χ3v) is 4.34. The van der Waals surface area contributed by atoms with Gasteiger partial charge in [0.25, 0.3) is 0 Å². The summed E-state index contributed by atoms with van der Waals surface area (Å²) in [6.07, 6.45) is 3.48. The van der Waals surface area contributed by atoms with Crippen LogP contribution in [-0.4, -0.2) is 18.2 Å². The van der Waals surface area contributed by atoms with Crippen LogP contribution in [0.4, 0.5) is 0 Å². The van der Waals surface area contributed by atoms with E-state index in [1.165, 1.54) is 18.4 Å². The number of benzene rings is 1. The molecule has 0 spiro atoms. The van der Waals surface area contributed by atoms with Crippen molar-refractivity contribution >= 4 is 15.9 Å². The van der Waals surface area contributed by atoms with Crippen LogP contribution in [0.2, 0.25) is 0 Å². The van der Waals surface area contributed by atoms with Gasteiger partial charge in [0.15, 0.2) is 0 Å². The van der Waals surface area contributed by atoms with Gasteiger partial charge in [0, 0.05) is 0 Å². The smallest absolute Gasteiger partial charge is 0.132 e. The molecule has 1 atom stereocenters. The van der Waals surface area contributed by atoms with Crippen molar-refractivity contribution in [3.05, 3.63) is 27.7 Å². The molecule has 2 nitrogen and oxygen atoms in total. The quantitative estimate of drug-likeness (QED) is 0.889. The summed E-state index contributed by atoms with van der Waals surface area (Å²) < 4.78 is 0.826. The van der Waals surface area contributed by atoms with Gasteiger partial charge in [-0.2, -0.15) is 0 Å². The summed E-state index contributed by atoms with van der Waals surface area (Å²) in [6.45, 7) is 6.58. The number of aromatic hydroxyl groups is 1. The largest absolute Gasteiger partial charge is 0.506 e. The minimum absolute atomic E-state index is 0.421. The second-order valence-corrected chi connectivity index (χ2v) is 6.44. The second kappa shape index (κ2) is 6.07. The van der Waals surface area contributed by atoms with E-state index >= 15 is 0 Å². The number of phenols is 1. The lowest BCUT2D eigenvalue weighted by Gasteiger charge is -2.23. The summed E-state index contributed by atoms with van der Waals surface area (Å²) in [4.78, 5) is 0. The highest BCUT2D eigenvalue weighted by Crippen LogP contribution is 2.34. The molecule has 0 saturated carbocycles. The van der Waals surface area contributed by atoms with E-state index in [9.17, 15) is 5.11 Å². The Morgan fingerprint density at radius 1 is 1.44 bits per heavy atom. The first kappa shape index (κ1) is 13.9. The summed E-state index contributed by atoms with van der Waals surface area (Å²) in [5.41, 5.74) is 2.38. The van der Waals surface area contributed by atoms with Crippen LogP contribution in [0.5, 0.6) is 5.75 Å². The standard InChI is InChI=1S/C15H22BrNO/c1-10(2)12-7-13(15(18)14(16)8-12)6-11-4-3-5-17-9-11/h7-8,10-11,17-18H,3-6,9H2,1-2H3. The van der Waals surface area contributed by atoms with Gasteiger partial charge in [-0.1, -0.05) is 19.9 Å². The van der Waals surface area contributed by atoms with Gasteiger partial charge in [0.2, 0.25) is 0 Å². The average molecular weight is 312 g/mol. The molecular formula is C15H22BrNO. The van der Waals surface area contributed by atoms with Crippen LogP contribution in [0.1, 0.15) is 43.7 Å². The summed E-state index contributed by atoms with van der Waals surface area (Å²) in [5, 5.41) is 13.6. The van der Waals surface area contributed by atoms with Gasteiger partial charge in [0.1, 0.15) is 5.75 Å². The fourth-order valence-electron chi connectivity index (χ4n) is 2.58. The molecule has 18 heavy (non-hydrogen) atoms. The zero-order valence-corrected chi connectivity index (χ0v) is 12.8. The summed E-state index contributed by atoms with van der Waals surface area (Å²) >= 11 is 3.46. The van der Waals surface area contributed by atoms with Crippen molar-refractivity contribution in [1.82, 2.24) is 5.32 Å². The maximum absolute atomic E-state index is 10.2. The highest BCUT2D eigenvalue weighted by Gasteiger charge is 2.17. The van der Waals surface area contributed by atoms with Crippen LogP contribution < -0.4 is 5.32 Å². The Kier molecular flexibility index (Phi) is 4.68. The highest BCUT2D eigenvalue weighted by molar-refractivity contribution is 9.10. The molecule has 2 N–H and O–H groups in total. The summed E-state index contributed by atoms with van der Waals surface area (Å²) in [5.74, 6) is 1.56. The number of nitrogens with one attached hydrogen (secondary N) is 1. The van der Waals surface area contributed by atoms with Crippen LogP contribution >= 0.6 is 15.9 Å². The first-order valence-corrected chi connectivity index (χ1v) is 7.59. The lowest BCUT2D eigenvalue weighted by molar-refractivity contribution is 0.369. The molecular weight excluding hydrogens is 290 g/mol. The predicted octanol–water partition coefficient (Wildman–Crippen LogP) is 3.82. The van der Waals surface area contributed by atoms with Gasteiger partial charge >= 0.3 is 0 Å². The van der Waals surface area contributed by atoms with Gasteiger partial charge in [-0.25, -0.2) is 0 Å². The zero-order valence-electron chi connectivity index (χ0n) is 11.2. The number of rotatable bonds is 3. The maximum atomic E-state index is 10.2. The Morgan fingerprint density at radius 3 is 2.83 bits per heavy atom. The maximum Gasteiger partial charge on any atom is 0.132 e. The van der Waals surface area contributed by atoms with Crippen LogP contribution in [0, 0.1) is 5.92 Å². The van der Waals surface area contributed by atoms with Crippen LogP contribution in [0.3, 0.4) is 0 Å². The van der Waals surface area contributed by atoms with Gasteiger partial charge in [0.05, 0.1) is 4.47 Å². The minimum Gasteiger partial charge on any atom is -0.506 e. The third kappa shape index (κ3) is 3.27. The normalized spacial score (nSPS) is 20.3.